The first-order valence-corrected chi connectivity index (χ1v) is 11.6. The van der Waals surface area contributed by atoms with Crippen LogP contribution < -0.4 is 0 Å². The largest absolute Gasteiger partial charge is 0.350 e. The first-order chi connectivity index (χ1) is 13.0. The highest BCUT2D eigenvalue weighted by Gasteiger charge is 2.33. The summed E-state index contributed by atoms with van der Waals surface area (Å²) in [7, 11) is -1.27. The van der Waals surface area contributed by atoms with Crippen molar-refractivity contribution in [1.82, 2.24) is 9.47 Å². The number of carbonyl (C=O) groups is 1. The highest BCUT2D eigenvalue weighted by Crippen LogP contribution is 2.32. The van der Waals surface area contributed by atoms with Crippen LogP contribution in [-0.2, 0) is 28.1 Å². The van der Waals surface area contributed by atoms with Crippen molar-refractivity contribution < 1.29 is 13.2 Å². The summed E-state index contributed by atoms with van der Waals surface area (Å²) in [5.74, 6) is 0.0185. The van der Waals surface area contributed by atoms with E-state index >= 15 is 0 Å². The number of para-hydroxylation sites is 1. The molecule has 1 saturated heterocycles. The molecule has 0 spiro atoms. The SMILES string of the molecule is Cn1cc(CC(=O)N2CCC(c3cccs3)S(=O)(=O)CC2)c2ccccc21. The lowest BCUT2D eigenvalue weighted by Crippen LogP contribution is -2.34. The van der Waals surface area contributed by atoms with Crippen molar-refractivity contribution in [2.75, 3.05) is 18.8 Å². The van der Waals surface area contributed by atoms with Crippen molar-refractivity contribution in [3.05, 3.63) is 58.4 Å². The lowest BCUT2D eigenvalue weighted by atomic mass is 10.1. The van der Waals surface area contributed by atoms with Crippen LogP contribution in [0.25, 0.3) is 10.9 Å². The smallest absolute Gasteiger partial charge is 0.227 e. The Morgan fingerprint density at radius 1 is 1.19 bits per heavy atom. The Kier molecular flexibility index (Phi) is 4.82. The third kappa shape index (κ3) is 3.53. The summed E-state index contributed by atoms with van der Waals surface area (Å²) in [6, 6.07) is 11.8. The van der Waals surface area contributed by atoms with Crippen LogP contribution in [0.4, 0.5) is 0 Å². The second-order valence-electron chi connectivity index (χ2n) is 7.00. The highest BCUT2D eigenvalue weighted by atomic mass is 32.2. The molecule has 0 bridgehead atoms. The Bertz CT molecular complexity index is 1070. The fourth-order valence-electron chi connectivity index (χ4n) is 3.83. The Hall–Kier alpha value is -2.12. The molecule has 0 N–H and O–H groups in total. The zero-order valence-electron chi connectivity index (χ0n) is 15.2. The molecule has 142 valence electrons. The molecule has 1 unspecified atom stereocenters. The van der Waals surface area contributed by atoms with Crippen molar-refractivity contribution in [2.45, 2.75) is 18.1 Å². The van der Waals surface area contributed by atoms with Crippen LogP contribution in [-0.4, -0.2) is 42.6 Å². The second-order valence-corrected chi connectivity index (χ2v) is 10.3. The quantitative estimate of drug-likeness (QED) is 0.676. The lowest BCUT2D eigenvalue weighted by molar-refractivity contribution is -0.130. The van der Waals surface area contributed by atoms with Gasteiger partial charge in [-0.05, 0) is 29.5 Å². The van der Waals surface area contributed by atoms with E-state index < -0.39 is 15.1 Å². The molecule has 27 heavy (non-hydrogen) atoms. The van der Waals surface area contributed by atoms with Gasteiger partial charge in [-0.2, -0.15) is 0 Å². The summed E-state index contributed by atoms with van der Waals surface area (Å²) < 4.78 is 27.4. The van der Waals surface area contributed by atoms with Crippen LogP contribution in [0.15, 0.2) is 48.0 Å². The zero-order valence-corrected chi connectivity index (χ0v) is 16.8. The van der Waals surface area contributed by atoms with Crippen molar-refractivity contribution in [3.63, 3.8) is 0 Å². The molecule has 1 aliphatic heterocycles. The van der Waals surface area contributed by atoms with Crippen molar-refractivity contribution in [1.29, 1.82) is 0 Å². The molecule has 7 heteroatoms. The molecule has 3 heterocycles. The first-order valence-electron chi connectivity index (χ1n) is 9.01. The molecular weight excluding hydrogens is 380 g/mol. The third-order valence-electron chi connectivity index (χ3n) is 5.27. The Labute approximate surface area is 163 Å². The fourth-order valence-corrected chi connectivity index (χ4v) is 6.83. The molecule has 0 aliphatic carbocycles. The molecule has 4 rings (SSSR count). The number of fused-ring (bicyclic) bond motifs is 1. The lowest BCUT2D eigenvalue weighted by Gasteiger charge is -2.19. The average Bonchev–Trinajstić information content (AvgIpc) is 3.23. The van der Waals surface area contributed by atoms with Gasteiger partial charge in [0.15, 0.2) is 9.84 Å². The van der Waals surface area contributed by atoms with Crippen LogP contribution in [0, 0.1) is 0 Å². The summed E-state index contributed by atoms with van der Waals surface area (Å²) in [5.41, 5.74) is 2.08. The van der Waals surface area contributed by atoms with Crippen LogP contribution in [0.5, 0.6) is 0 Å². The van der Waals surface area contributed by atoms with Gasteiger partial charge in [0, 0.05) is 42.1 Å². The number of carbonyl (C=O) groups excluding carboxylic acids is 1. The number of aryl methyl sites for hydroxylation is 1. The Morgan fingerprint density at radius 2 is 2.00 bits per heavy atom. The summed E-state index contributed by atoms with van der Waals surface area (Å²) in [6.07, 6.45) is 2.75. The normalized spacial score (nSPS) is 19.9. The van der Waals surface area contributed by atoms with E-state index in [0.717, 1.165) is 21.3 Å². The van der Waals surface area contributed by atoms with Crippen LogP contribution in [0.1, 0.15) is 22.1 Å². The van der Waals surface area contributed by atoms with Crippen molar-refractivity contribution >= 4 is 38.0 Å². The molecule has 1 aromatic carbocycles. The van der Waals surface area contributed by atoms with Crippen molar-refractivity contribution in [2.24, 2.45) is 7.05 Å². The van der Waals surface area contributed by atoms with Gasteiger partial charge in [-0.25, -0.2) is 8.42 Å². The molecule has 5 nitrogen and oxygen atoms in total. The van der Waals surface area contributed by atoms with Gasteiger partial charge in [-0.3, -0.25) is 4.79 Å². The zero-order chi connectivity index (χ0) is 19.0. The van der Waals surface area contributed by atoms with E-state index in [1.54, 1.807) is 4.90 Å². The summed E-state index contributed by atoms with van der Waals surface area (Å²) in [5, 5.41) is 2.49. The number of nitrogens with zero attached hydrogens (tertiary/aromatic N) is 2. The number of rotatable bonds is 3. The summed E-state index contributed by atoms with van der Waals surface area (Å²) >= 11 is 1.47. The van der Waals surface area contributed by atoms with Gasteiger partial charge < -0.3 is 9.47 Å². The number of benzene rings is 1. The third-order valence-corrected chi connectivity index (χ3v) is 8.52. The molecule has 1 aliphatic rings. The number of aromatic nitrogens is 1. The van der Waals surface area contributed by atoms with E-state index in [4.69, 9.17) is 0 Å². The van der Waals surface area contributed by atoms with Gasteiger partial charge in [0.1, 0.15) is 0 Å². The standard InChI is InChI=1S/C20H22N2O3S2/c1-21-14-15(16-5-2-3-6-17(16)21)13-20(23)22-9-8-19(18-7-4-11-26-18)27(24,25)12-10-22/h2-7,11,14,19H,8-10,12-13H2,1H3. The van der Waals surface area contributed by atoms with Gasteiger partial charge >= 0.3 is 0 Å². The predicted octanol–water partition coefficient (Wildman–Crippen LogP) is 3.17. The van der Waals surface area contributed by atoms with Gasteiger partial charge in [0.2, 0.25) is 5.91 Å². The highest BCUT2D eigenvalue weighted by molar-refractivity contribution is 7.91. The summed E-state index contributed by atoms with van der Waals surface area (Å²) in [6.45, 7) is 0.749. The summed E-state index contributed by atoms with van der Waals surface area (Å²) in [4.78, 5) is 15.5. The van der Waals surface area contributed by atoms with Gasteiger partial charge in [-0.1, -0.05) is 24.3 Å². The number of thiophene rings is 1. The number of sulfone groups is 1. The molecule has 0 saturated carbocycles. The molecule has 3 aromatic rings. The minimum atomic E-state index is -3.24. The van der Waals surface area contributed by atoms with E-state index in [-0.39, 0.29) is 18.2 Å². The Balaban J connectivity index is 1.53. The van der Waals surface area contributed by atoms with Crippen LogP contribution >= 0.6 is 11.3 Å². The topological polar surface area (TPSA) is 59.4 Å². The molecule has 1 fully saturated rings. The van der Waals surface area contributed by atoms with E-state index in [1.165, 1.54) is 11.3 Å². The first kappa shape index (κ1) is 18.3. The number of hydrogen-bond acceptors (Lipinski definition) is 4. The molecule has 1 atom stereocenters. The van der Waals surface area contributed by atoms with Crippen LogP contribution in [0.2, 0.25) is 0 Å². The number of hydrogen-bond donors (Lipinski definition) is 0. The number of amides is 1. The van der Waals surface area contributed by atoms with Gasteiger partial charge in [-0.15, -0.1) is 11.3 Å². The minimum absolute atomic E-state index is 0.00613. The second kappa shape index (κ2) is 7.13. The van der Waals surface area contributed by atoms with Crippen LogP contribution in [0.3, 0.4) is 0 Å². The molecule has 0 radical (unpaired) electrons. The minimum Gasteiger partial charge on any atom is -0.350 e. The monoisotopic (exact) mass is 402 g/mol. The average molecular weight is 403 g/mol. The van der Waals surface area contributed by atoms with E-state index in [2.05, 4.69) is 0 Å². The fraction of sp³-hybridized carbons (Fsp3) is 0.350. The maximum Gasteiger partial charge on any atom is 0.227 e. The van der Waals surface area contributed by atoms with E-state index in [9.17, 15) is 13.2 Å². The predicted molar refractivity (Wildman–Crippen MR) is 109 cm³/mol. The van der Waals surface area contributed by atoms with Gasteiger partial charge in [0.05, 0.1) is 17.4 Å². The molecule has 2 aromatic heterocycles. The van der Waals surface area contributed by atoms with Crippen molar-refractivity contribution in [3.8, 4) is 0 Å². The Morgan fingerprint density at radius 3 is 2.78 bits per heavy atom. The van der Waals surface area contributed by atoms with Gasteiger partial charge in [0.25, 0.3) is 0 Å². The molecular formula is C20H22N2O3S2. The maximum atomic E-state index is 12.9. The van der Waals surface area contributed by atoms with E-state index in [0.29, 0.717) is 19.4 Å². The molecule has 1 amide bonds. The maximum absolute atomic E-state index is 12.9. The van der Waals surface area contributed by atoms with E-state index in [1.807, 2.05) is 59.6 Å².